The maximum absolute atomic E-state index is 14.0. The second-order valence-electron chi connectivity index (χ2n) is 6.60. The molecule has 1 aliphatic rings. The third kappa shape index (κ3) is 2.23. The molecule has 0 amide bonds. The molecule has 130 valence electrons. The van der Waals surface area contributed by atoms with Crippen molar-refractivity contribution in [2.45, 2.75) is 26.1 Å². The molecule has 5 rings (SSSR count). The number of hydrogen-bond acceptors (Lipinski definition) is 3. The number of rotatable bonds is 2. The molecule has 1 atom stereocenters. The number of pyridine rings is 1. The Labute approximate surface area is 147 Å². The Morgan fingerprint density at radius 3 is 2.85 bits per heavy atom. The molecular weight excluding hydrogens is 336 g/mol. The van der Waals surface area contributed by atoms with Crippen LogP contribution in [-0.2, 0) is 13.0 Å². The Morgan fingerprint density at radius 2 is 2.04 bits per heavy atom. The highest BCUT2D eigenvalue weighted by molar-refractivity contribution is 5.97. The molecule has 4 aromatic rings. The van der Waals surface area contributed by atoms with Gasteiger partial charge in [-0.05, 0) is 37.3 Å². The van der Waals surface area contributed by atoms with Crippen LogP contribution in [0.4, 0.5) is 8.78 Å². The average molecular weight is 351 g/mol. The first-order valence-corrected chi connectivity index (χ1v) is 8.41. The summed E-state index contributed by atoms with van der Waals surface area (Å²) in [5.41, 5.74) is 5.66. The van der Waals surface area contributed by atoms with E-state index >= 15 is 0 Å². The van der Waals surface area contributed by atoms with E-state index < -0.39 is 6.17 Å². The van der Waals surface area contributed by atoms with Gasteiger partial charge in [-0.15, -0.1) is 0 Å². The number of fused-ring (bicyclic) bond motifs is 2. The number of nitrogens with zero attached hydrogens (tertiary/aromatic N) is 4. The largest absolute Gasteiger partial charge is 0.265 e. The summed E-state index contributed by atoms with van der Waals surface area (Å²) in [4.78, 5) is 4.46. The van der Waals surface area contributed by atoms with Crippen LogP contribution in [0.15, 0.2) is 36.5 Å². The van der Waals surface area contributed by atoms with E-state index in [1.165, 1.54) is 12.1 Å². The van der Waals surface area contributed by atoms with Gasteiger partial charge >= 0.3 is 0 Å². The van der Waals surface area contributed by atoms with Gasteiger partial charge in [-0.2, -0.15) is 10.2 Å². The SMILES string of the molecule is Cc1cc(-c2c(-c3ccc(F)cc3)nn3c2CC(F)C3)c2cn[nH]c2n1. The Balaban J connectivity index is 1.82. The fourth-order valence-electron chi connectivity index (χ4n) is 3.67. The van der Waals surface area contributed by atoms with Gasteiger partial charge < -0.3 is 0 Å². The Hall–Kier alpha value is -3.09. The fourth-order valence-corrected chi connectivity index (χ4v) is 3.67. The lowest BCUT2D eigenvalue weighted by atomic mass is 9.96. The number of benzene rings is 1. The number of H-pyrrole nitrogens is 1. The normalized spacial score (nSPS) is 16.3. The van der Waals surface area contributed by atoms with Crippen molar-refractivity contribution in [1.82, 2.24) is 25.0 Å². The van der Waals surface area contributed by atoms with Crippen molar-refractivity contribution < 1.29 is 8.78 Å². The fraction of sp³-hybridized carbons (Fsp3) is 0.211. The summed E-state index contributed by atoms with van der Waals surface area (Å²) >= 11 is 0. The lowest BCUT2D eigenvalue weighted by Gasteiger charge is -2.08. The number of nitrogens with one attached hydrogen (secondary N) is 1. The van der Waals surface area contributed by atoms with Gasteiger partial charge in [-0.1, -0.05) is 0 Å². The second-order valence-corrected chi connectivity index (χ2v) is 6.60. The molecule has 0 fully saturated rings. The van der Waals surface area contributed by atoms with E-state index in [0.29, 0.717) is 12.1 Å². The number of halogens is 2. The van der Waals surface area contributed by atoms with Crippen LogP contribution in [0.5, 0.6) is 0 Å². The predicted octanol–water partition coefficient (Wildman–Crippen LogP) is 3.83. The van der Waals surface area contributed by atoms with Gasteiger partial charge in [0.15, 0.2) is 5.65 Å². The smallest absolute Gasteiger partial charge is 0.155 e. The standard InChI is InChI=1S/C19H15F2N5/c1-10-6-14(15-8-22-24-19(15)23-10)17-16-7-13(21)9-26(16)25-18(17)11-2-4-12(20)5-3-11/h2-6,8,13H,7,9H2,1H3,(H,22,23,24). The van der Waals surface area contributed by atoms with Gasteiger partial charge in [-0.3, -0.25) is 9.78 Å². The van der Waals surface area contributed by atoms with E-state index in [1.807, 2.05) is 13.0 Å². The minimum Gasteiger partial charge on any atom is -0.265 e. The molecule has 0 bridgehead atoms. The highest BCUT2D eigenvalue weighted by Crippen LogP contribution is 2.40. The van der Waals surface area contributed by atoms with Crippen molar-refractivity contribution in [1.29, 1.82) is 0 Å². The highest BCUT2D eigenvalue weighted by Gasteiger charge is 2.30. The molecule has 4 heterocycles. The summed E-state index contributed by atoms with van der Waals surface area (Å²) in [5, 5.41) is 12.5. The van der Waals surface area contributed by atoms with Gasteiger partial charge in [-0.25, -0.2) is 13.8 Å². The zero-order chi connectivity index (χ0) is 17.8. The van der Waals surface area contributed by atoms with Crippen LogP contribution in [0.2, 0.25) is 0 Å². The topological polar surface area (TPSA) is 59.4 Å². The molecule has 1 N–H and O–H groups in total. The molecule has 5 nitrogen and oxygen atoms in total. The monoisotopic (exact) mass is 351 g/mol. The van der Waals surface area contributed by atoms with Gasteiger partial charge in [0.1, 0.15) is 17.7 Å². The van der Waals surface area contributed by atoms with Crippen LogP contribution >= 0.6 is 0 Å². The minimum absolute atomic E-state index is 0.238. The van der Waals surface area contributed by atoms with Crippen molar-refractivity contribution >= 4 is 11.0 Å². The molecule has 1 aliphatic heterocycles. The van der Waals surface area contributed by atoms with Crippen LogP contribution in [0.25, 0.3) is 33.4 Å². The molecule has 1 unspecified atom stereocenters. The summed E-state index contributed by atoms with van der Waals surface area (Å²) < 4.78 is 29.1. The highest BCUT2D eigenvalue weighted by atomic mass is 19.1. The van der Waals surface area contributed by atoms with Crippen LogP contribution in [0, 0.1) is 12.7 Å². The summed E-state index contributed by atoms with van der Waals surface area (Å²) in [7, 11) is 0. The van der Waals surface area contributed by atoms with Gasteiger partial charge in [0.05, 0.1) is 12.7 Å². The molecular formula is C19H15F2N5. The zero-order valence-corrected chi connectivity index (χ0v) is 14.0. The first-order valence-electron chi connectivity index (χ1n) is 8.41. The van der Waals surface area contributed by atoms with Crippen LogP contribution in [0.3, 0.4) is 0 Å². The van der Waals surface area contributed by atoms with Crippen LogP contribution in [-0.4, -0.2) is 31.1 Å². The van der Waals surface area contributed by atoms with Gasteiger partial charge in [0, 0.05) is 39.9 Å². The molecule has 3 aromatic heterocycles. The third-order valence-electron chi connectivity index (χ3n) is 4.78. The summed E-state index contributed by atoms with van der Waals surface area (Å²) in [6.45, 7) is 2.14. The van der Waals surface area contributed by atoms with E-state index in [2.05, 4.69) is 20.3 Å². The quantitative estimate of drug-likeness (QED) is 0.597. The second kappa shape index (κ2) is 5.45. The average Bonchev–Trinajstić information content (AvgIpc) is 3.28. The van der Waals surface area contributed by atoms with Crippen molar-refractivity contribution in [3.63, 3.8) is 0 Å². The van der Waals surface area contributed by atoms with E-state index in [1.54, 1.807) is 23.0 Å². The molecule has 26 heavy (non-hydrogen) atoms. The number of aromatic amines is 1. The number of alkyl halides is 1. The minimum atomic E-state index is -0.943. The van der Waals surface area contributed by atoms with Gasteiger partial charge in [0.2, 0.25) is 0 Å². The number of aromatic nitrogens is 5. The zero-order valence-electron chi connectivity index (χ0n) is 14.0. The summed E-state index contributed by atoms with van der Waals surface area (Å²) in [5.74, 6) is -0.303. The summed E-state index contributed by atoms with van der Waals surface area (Å²) in [6.07, 6.45) is 1.09. The first kappa shape index (κ1) is 15.2. The Bertz CT molecular complexity index is 1130. The summed E-state index contributed by atoms with van der Waals surface area (Å²) in [6, 6.07) is 8.18. The maximum atomic E-state index is 14.0. The molecule has 0 saturated carbocycles. The Kier molecular flexibility index (Phi) is 3.19. The van der Waals surface area contributed by atoms with E-state index in [0.717, 1.165) is 39.2 Å². The number of aryl methyl sites for hydroxylation is 1. The van der Waals surface area contributed by atoms with E-state index in [4.69, 9.17) is 0 Å². The predicted molar refractivity (Wildman–Crippen MR) is 93.8 cm³/mol. The van der Waals surface area contributed by atoms with Gasteiger partial charge in [0.25, 0.3) is 0 Å². The molecule has 7 heteroatoms. The lowest BCUT2D eigenvalue weighted by molar-refractivity contribution is 0.322. The molecule has 1 aromatic carbocycles. The first-order chi connectivity index (χ1) is 12.6. The Morgan fingerprint density at radius 1 is 1.23 bits per heavy atom. The van der Waals surface area contributed by atoms with Crippen LogP contribution in [0.1, 0.15) is 11.4 Å². The van der Waals surface area contributed by atoms with E-state index in [-0.39, 0.29) is 12.4 Å². The number of hydrogen-bond donors (Lipinski definition) is 1. The molecule has 0 aliphatic carbocycles. The molecule has 0 saturated heterocycles. The molecule has 0 spiro atoms. The maximum Gasteiger partial charge on any atom is 0.155 e. The van der Waals surface area contributed by atoms with Crippen LogP contribution < -0.4 is 0 Å². The lowest BCUT2D eigenvalue weighted by Crippen LogP contribution is -2.03. The van der Waals surface area contributed by atoms with Crippen molar-refractivity contribution in [2.24, 2.45) is 0 Å². The van der Waals surface area contributed by atoms with Crippen molar-refractivity contribution in [3.05, 3.63) is 53.7 Å². The third-order valence-corrected chi connectivity index (χ3v) is 4.78. The van der Waals surface area contributed by atoms with Crippen molar-refractivity contribution in [2.75, 3.05) is 0 Å². The molecule has 0 radical (unpaired) electrons. The van der Waals surface area contributed by atoms with E-state index in [9.17, 15) is 8.78 Å². The van der Waals surface area contributed by atoms with Crippen molar-refractivity contribution in [3.8, 4) is 22.4 Å².